The monoisotopic (exact) mass is 1350 g/mol. The topological polar surface area (TPSA) is 505 Å². The Morgan fingerprint density at radius 2 is 0.958 bits per heavy atom. The summed E-state index contributed by atoms with van der Waals surface area (Å²) < 4.78 is 5.74. The Labute approximate surface area is 555 Å². The largest absolute Gasteiger partial charge is 0.481 e. The molecule has 32 nitrogen and oxygen atoms in total. The zero-order chi connectivity index (χ0) is 72.7. The maximum atomic E-state index is 14.9. The minimum absolute atomic E-state index is 0.0415. The number of unbranched alkanes of at least 4 members (excludes halogenated alkanes) is 4. The molecule has 12 amide bonds. The van der Waals surface area contributed by atoms with Crippen molar-refractivity contribution < 1.29 is 97.1 Å². The summed E-state index contributed by atoms with van der Waals surface area (Å²) in [6, 6.07) is -18.7. The third-order valence-electron chi connectivity index (χ3n) is 15.9. The molecule has 0 spiro atoms. The SMILES string of the molecule is CCCCCCCC(O)CC(=O)NC(CC(C)C)C(=O)NC(CC(=O)O)C(=O)NC1C(=O)NC(C(C)C)C(=O)NC(C(C)C)C(=O)NC(CO)C(=O)NC(C(C)C)C(=O)NC(CCC(N)=O)C(=O)NC(C(C)C)C(=O)NC(C(C)CC)C(=O)NC(CCC(=O)O)C(=O)OC1C. The van der Waals surface area contributed by atoms with Crippen LogP contribution < -0.4 is 64.2 Å². The van der Waals surface area contributed by atoms with Crippen molar-refractivity contribution in [2.45, 2.75) is 265 Å². The molecule has 32 heteroatoms. The van der Waals surface area contributed by atoms with Gasteiger partial charge < -0.3 is 89.4 Å². The van der Waals surface area contributed by atoms with Crippen LogP contribution in [0.15, 0.2) is 0 Å². The van der Waals surface area contributed by atoms with Gasteiger partial charge in [-0.05, 0) is 68.1 Å². The summed E-state index contributed by atoms with van der Waals surface area (Å²) in [6.07, 6.45) is -2.04. The highest BCUT2D eigenvalue weighted by Gasteiger charge is 2.42. The molecule has 0 aromatic carbocycles. The fourth-order valence-electron chi connectivity index (χ4n) is 10.0. The number of amides is 12. The molecular weight excluding hydrogens is 1240 g/mol. The third kappa shape index (κ3) is 30.5. The van der Waals surface area contributed by atoms with E-state index in [0.717, 1.165) is 32.6 Å². The first-order valence-electron chi connectivity index (χ1n) is 32.8. The lowest BCUT2D eigenvalue weighted by Gasteiger charge is -2.32. The number of nitrogens with one attached hydrogen (secondary N) is 11. The van der Waals surface area contributed by atoms with Crippen molar-refractivity contribution >= 4 is 88.8 Å². The molecule has 14 unspecified atom stereocenters. The molecule has 1 fully saturated rings. The number of carbonyl (C=O) groups excluding carboxylic acids is 13. The summed E-state index contributed by atoms with van der Waals surface area (Å²) in [7, 11) is 0. The number of carboxylic acids is 2. The molecule has 1 aliphatic rings. The lowest BCUT2D eigenvalue weighted by atomic mass is 9.95. The van der Waals surface area contributed by atoms with E-state index >= 15 is 0 Å². The standard InChI is InChI=1S/C63H108N12O20/c1-15-17-18-19-20-21-37(77)27-44(79)65-40(26-30(3)4)54(85)68-41(28-46(82)83)55(86)75-52-36(14)95-63(94)39(23-25-45(80)81)67-61(92)51(35(13)16-2)74-60(91)49(33(9)10)70-53(84)38(22-24-43(64)78)66-57(88)47(31(5)6)71-56(87)42(29-76)69-58(89)48(32(7)8)72-59(90)50(34(11)12)73-62(52)93/h30-42,47-52,76-77H,15-29H2,1-14H3,(H2,64,78)(H,65,79)(H,66,88)(H,67,92)(H,68,85)(H,69,89)(H,70,84)(H,71,87)(H,72,90)(H,73,93)(H,74,91)(H,75,86)(H,80,81)(H,82,83). The maximum absolute atomic E-state index is 14.9. The number of carboxylic acid groups (broad SMARTS) is 2. The second kappa shape index (κ2) is 42.4. The maximum Gasteiger partial charge on any atom is 0.329 e. The van der Waals surface area contributed by atoms with E-state index < -0.39 is 236 Å². The molecule has 540 valence electrons. The molecule has 1 aliphatic heterocycles. The summed E-state index contributed by atoms with van der Waals surface area (Å²) in [5.74, 6) is -21.5. The van der Waals surface area contributed by atoms with Crippen LogP contribution >= 0.6 is 0 Å². The van der Waals surface area contributed by atoms with Crippen LogP contribution in [0.2, 0.25) is 0 Å². The smallest absolute Gasteiger partial charge is 0.329 e. The number of carbonyl (C=O) groups is 15. The van der Waals surface area contributed by atoms with E-state index in [1.165, 1.54) is 55.4 Å². The van der Waals surface area contributed by atoms with Crippen molar-refractivity contribution in [3.63, 3.8) is 0 Å². The molecule has 0 bridgehead atoms. The van der Waals surface area contributed by atoms with E-state index in [9.17, 15) is 92.3 Å². The van der Waals surface area contributed by atoms with E-state index in [1.807, 2.05) is 6.92 Å². The van der Waals surface area contributed by atoms with Crippen LogP contribution in [0.1, 0.15) is 187 Å². The second-order valence-electron chi connectivity index (χ2n) is 26.2. The lowest BCUT2D eigenvalue weighted by Crippen LogP contribution is -2.64. The normalized spacial score (nSPS) is 24.2. The molecule has 1 rings (SSSR count). The number of nitrogens with two attached hydrogens (primary N) is 1. The first-order valence-corrected chi connectivity index (χ1v) is 32.8. The van der Waals surface area contributed by atoms with Crippen LogP contribution in [0.25, 0.3) is 0 Å². The third-order valence-corrected chi connectivity index (χ3v) is 15.9. The summed E-state index contributed by atoms with van der Waals surface area (Å²) in [5.41, 5.74) is 5.43. The highest BCUT2D eigenvalue weighted by molar-refractivity contribution is 6.00. The second-order valence-corrected chi connectivity index (χ2v) is 26.2. The number of esters is 1. The van der Waals surface area contributed by atoms with Crippen molar-refractivity contribution in [1.29, 1.82) is 0 Å². The summed E-state index contributed by atoms with van der Waals surface area (Å²) in [5, 5.41) is 67.9. The van der Waals surface area contributed by atoms with E-state index in [4.69, 9.17) is 10.5 Å². The number of aliphatic hydroxyl groups excluding tert-OH is 2. The van der Waals surface area contributed by atoms with Gasteiger partial charge in [-0.3, -0.25) is 67.1 Å². The molecule has 0 saturated carbocycles. The van der Waals surface area contributed by atoms with Gasteiger partial charge >= 0.3 is 17.9 Å². The van der Waals surface area contributed by atoms with Crippen LogP contribution in [-0.2, 0) is 76.7 Å². The van der Waals surface area contributed by atoms with Crippen LogP contribution in [0.5, 0.6) is 0 Å². The quantitative estimate of drug-likeness (QED) is 0.0293. The minimum Gasteiger partial charge on any atom is -0.481 e. The molecule has 0 radical (unpaired) electrons. The average molecular weight is 1350 g/mol. The Hall–Kier alpha value is -8.03. The van der Waals surface area contributed by atoms with E-state index in [0.29, 0.717) is 12.8 Å². The fraction of sp³-hybridized carbons (Fsp3) is 0.762. The molecule has 95 heavy (non-hydrogen) atoms. The number of ether oxygens (including phenoxy) is 1. The molecule has 0 aromatic heterocycles. The van der Waals surface area contributed by atoms with Gasteiger partial charge in [-0.25, -0.2) is 4.79 Å². The Balaban J connectivity index is 4.27. The Morgan fingerprint density at radius 3 is 1.42 bits per heavy atom. The number of hydrogen-bond acceptors (Lipinski definition) is 18. The molecule has 0 aliphatic carbocycles. The van der Waals surface area contributed by atoms with Gasteiger partial charge in [-0.2, -0.15) is 0 Å². The number of primary amides is 1. The van der Waals surface area contributed by atoms with Crippen LogP contribution in [0.4, 0.5) is 0 Å². The first kappa shape index (κ1) is 85.0. The number of aliphatic carboxylic acids is 2. The highest BCUT2D eigenvalue weighted by atomic mass is 16.5. The van der Waals surface area contributed by atoms with Crippen molar-refractivity contribution in [1.82, 2.24) is 58.5 Å². The van der Waals surface area contributed by atoms with E-state index in [2.05, 4.69) is 58.5 Å². The Bertz CT molecular complexity index is 2640. The van der Waals surface area contributed by atoms with E-state index in [1.54, 1.807) is 27.7 Å². The van der Waals surface area contributed by atoms with Gasteiger partial charge in [0.1, 0.15) is 72.6 Å². The zero-order valence-electron chi connectivity index (χ0n) is 57.5. The molecule has 1 heterocycles. The molecular formula is C63H108N12O20. The van der Waals surface area contributed by atoms with Crippen molar-refractivity contribution in [3.05, 3.63) is 0 Å². The Kier molecular flexibility index (Phi) is 37.9. The number of hydrogen-bond donors (Lipinski definition) is 16. The van der Waals surface area contributed by atoms with Gasteiger partial charge in [0.05, 0.1) is 25.6 Å². The predicted molar refractivity (Wildman–Crippen MR) is 344 cm³/mol. The molecule has 17 N–H and O–H groups in total. The average Bonchev–Trinajstić information content (AvgIpc) is 0.891. The van der Waals surface area contributed by atoms with Gasteiger partial charge in [-0.1, -0.05) is 129 Å². The predicted octanol–water partition coefficient (Wildman–Crippen LogP) is -1.31. The van der Waals surface area contributed by atoms with Gasteiger partial charge in [-0.15, -0.1) is 0 Å². The lowest BCUT2D eigenvalue weighted by molar-refractivity contribution is -0.157. The van der Waals surface area contributed by atoms with Crippen LogP contribution in [0.3, 0.4) is 0 Å². The fourth-order valence-corrected chi connectivity index (χ4v) is 10.0. The summed E-state index contributed by atoms with van der Waals surface area (Å²) in [4.78, 5) is 207. The molecule has 0 aromatic rings. The van der Waals surface area contributed by atoms with Crippen molar-refractivity contribution in [2.75, 3.05) is 6.61 Å². The van der Waals surface area contributed by atoms with Gasteiger partial charge in [0.15, 0.2) is 0 Å². The zero-order valence-corrected chi connectivity index (χ0v) is 57.5. The van der Waals surface area contributed by atoms with Gasteiger partial charge in [0.25, 0.3) is 0 Å². The highest BCUT2D eigenvalue weighted by Crippen LogP contribution is 2.17. The number of aliphatic hydroxyl groups is 2. The summed E-state index contributed by atoms with van der Waals surface area (Å²) >= 11 is 0. The van der Waals surface area contributed by atoms with Crippen molar-refractivity contribution in [2.24, 2.45) is 41.2 Å². The van der Waals surface area contributed by atoms with Gasteiger partial charge in [0.2, 0.25) is 70.9 Å². The number of rotatable bonds is 30. The van der Waals surface area contributed by atoms with Crippen LogP contribution in [-0.4, -0.2) is 194 Å². The molecule has 14 atom stereocenters. The first-order chi connectivity index (χ1) is 44.3. The minimum atomic E-state index is -2.18. The summed E-state index contributed by atoms with van der Waals surface area (Å²) in [6.45, 7) is 20.7. The Morgan fingerprint density at radius 1 is 0.516 bits per heavy atom. The molecule has 1 saturated heterocycles. The number of cyclic esters (lactones) is 1. The van der Waals surface area contributed by atoms with Gasteiger partial charge in [0, 0.05) is 12.8 Å². The van der Waals surface area contributed by atoms with Crippen molar-refractivity contribution in [3.8, 4) is 0 Å². The van der Waals surface area contributed by atoms with Crippen LogP contribution in [0, 0.1) is 35.5 Å². The van der Waals surface area contributed by atoms with E-state index in [-0.39, 0.29) is 25.2 Å².